The summed E-state index contributed by atoms with van der Waals surface area (Å²) in [5.74, 6) is 0.751. The Balaban J connectivity index is 1.68. The Kier molecular flexibility index (Phi) is 7.60. The Hall–Kier alpha value is -2.96. The quantitative estimate of drug-likeness (QED) is 0.618. The fourth-order valence-corrected chi connectivity index (χ4v) is 3.52. The maximum atomic E-state index is 13.2. The molecule has 3 amide bonds. The largest absolute Gasteiger partial charge is 0.494 e. The van der Waals surface area contributed by atoms with Crippen LogP contribution in [0.2, 0.25) is 0 Å². The molecular formula is C24H34N4O3. The van der Waals surface area contributed by atoms with E-state index in [0.717, 1.165) is 30.7 Å². The number of ether oxygens (including phenoxy) is 1. The molecule has 31 heavy (non-hydrogen) atoms. The van der Waals surface area contributed by atoms with E-state index in [-0.39, 0.29) is 30.6 Å². The third-order valence-electron chi connectivity index (χ3n) is 5.80. The SMILES string of the molecule is CCOc1ccc(NC(=O)N(CC(=O)N(Cc2cccn2C)C2CC2)C(C)CC)cc1. The van der Waals surface area contributed by atoms with Gasteiger partial charge < -0.3 is 24.4 Å². The van der Waals surface area contributed by atoms with Crippen molar-refractivity contribution in [2.24, 2.45) is 7.05 Å². The zero-order valence-corrected chi connectivity index (χ0v) is 19.0. The highest BCUT2D eigenvalue weighted by Gasteiger charge is 2.34. The number of anilines is 1. The third kappa shape index (κ3) is 6.03. The molecule has 0 radical (unpaired) electrons. The lowest BCUT2D eigenvalue weighted by Crippen LogP contribution is -2.48. The smallest absolute Gasteiger partial charge is 0.322 e. The van der Waals surface area contributed by atoms with Gasteiger partial charge in [-0.2, -0.15) is 0 Å². The minimum absolute atomic E-state index is 0.00848. The average molecular weight is 427 g/mol. The van der Waals surface area contributed by atoms with Crippen molar-refractivity contribution in [3.63, 3.8) is 0 Å². The molecule has 1 atom stereocenters. The topological polar surface area (TPSA) is 66.8 Å². The normalized spacial score (nSPS) is 14.1. The van der Waals surface area contributed by atoms with E-state index in [2.05, 4.69) is 5.32 Å². The number of nitrogens with one attached hydrogen (secondary N) is 1. The van der Waals surface area contributed by atoms with Gasteiger partial charge in [-0.1, -0.05) is 6.92 Å². The lowest BCUT2D eigenvalue weighted by molar-refractivity contribution is -0.133. The van der Waals surface area contributed by atoms with E-state index in [1.165, 1.54) is 0 Å². The van der Waals surface area contributed by atoms with Gasteiger partial charge in [0.05, 0.1) is 13.2 Å². The minimum Gasteiger partial charge on any atom is -0.494 e. The van der Waals surface area contributed by atoms with Gasteiger partial charge >= 0.3 is 6.03 Å². The van der Waals surface area contributed by atoms with Crippen LogP contribution < -0.4 is 10.1 Å². The number of aromatic nitrogens is 1. The molecule has 1 heterocycles. The van der Waals surface area contributed by atoms with Crippen molar-refractivity contribution in [3.05, 3.63) is 48.3 Å². The number of carbonyl (C=O) groups is 2. The molecular weight excluding hydrogens is 392 g/mol. The number of urea groups is 1. The number of carbonyl (C=O) groups excluding carboxylic acids is 2. The average Bonchev–Trinajstić information content (AvgIpc) is 3.52. The molecule has 0 bridgehead atoms. The van der Waals surface area contributed by atoms with Crippen molar-refractivity contribution in [1.82, 2.24) is 14.4 Å². The van der Waals surface area contributed by atoms with Gasteiger partial charge in [0.25, 0.3) is 0 Å². The molecule has 1 saturated carbocycles. The second kappa shape index (κ2) is 10.4. The molecule has 1 aromatic carbocycles. The van der Waals surface area contributed by atoms with Crippen molar-refractivity contribution in [3.8, 4) is 5.75 Å². The molecule has 2 aromatic rings. The van der Waals surface area contributed by atoms with Crippen molar-refractivity contribution >= 4 is 17.6 Å². The molecule has 0 aliphatic heterocycles. The van der Waals surface area contributed by atoms with E-state index < -0.39 is 0 Å². The lowest BCUT2D eigenvalue weighted by atomic mass is 10.2. The van der Waals surface area contributed by atoms with Crippen LogP contribution in [-0.2, 0) is 18.4 Å². The number of rotatable bonds is 10. The molecule has 3 rings (SSSR count). The van der Waals surface area contributed by atoms with Crippen LogP contribution in [-0.4, -0.2) is 51.5 Å². The summed E-state index contributed by atoms with van der Waals surface area (Å²) in [7, 11) is 1.99. The molecule has 1 aromatic heterocycles. The van der Waals surface area contributed by atoms with Crippen molar-refractivity contribution < 1.29 is 14.3 Å². The fraction of sp³-hybridized carbons (Fsp3) is 0.500. The number of hydrogen-bond acceptors (Lipinski definition) is 3. The van der Waals surface area contributed by atoms with Crippen LogP contribution in [0.1, 0.15) is 45.7 Å². The summed E-state index contributed by atoms with van der Waals surface area (Å²) in [5, 5.41) is 2.93. The highest BCUT2D eigenvalue weighted by molar-refractivity contribution is 5.92. The Labute approximate surface area is 185 Å². The Morgan fingerprint density at radius 2 is 1.90 bits per heavy atom. The molecule has 168 valence electrons. The molecule has 7 nitrogen and oxygen atoms in total. The van der Waals surface area contributed by atoms with E-state index in [9.17, 15) is 9.59 Å². The van der Waals surface area contributed by atoms with Gasteiger partial charge in [-0.25, -0.2) is 4.79 Å². The number of hydrogen-bond donors (Lipinski definition) is 1. The van der Waals surface area contributed by atoms with Gasteiger partial charge in [0.1, 0.15) is 12.3 Å². The highest BCUT2D eigenvalue weighted by atomic mass is 16.5. The van der Waals surface area contributed by atoms with E-state index in [1.54, 1.807) is 4.90 Å². The van der Waals surface area contributed by atoms with Crippen LogP contribution in [0.15, 0.2) is 42.6 Å². The van der Waals surface area contributed by atoms with E-state index in [4.69, 9.17) is 4.74 Å². The first-order valence-corrected chi connectivity index (χ1v) is 11.1. The van der Waals surface area contributed by atoms with E-state index in [0.29, 0.717) is 18.8 Å². The number of benzene rings is 1. The van der Waals surface area contributed by atoms with Gasteiger partial charge in [-0.3, -0.25) is 4.79 Å². The Morgan fingerprint density at radius 1 is 1.19 bits per heavy atom. The second-order valence-corrected chi connectivity index (χ2v) is 8.14. The minimum atomic E-state index is -0.263. The zero-order chi connectivity index (χ0) is 22.4. The Bertz CT molecular complexity index is 873. The maximum Gasteiger partial charge on any atom is 0.322 e. The third-order valence-corrected chi connectivity index (χ3v) is 5.80. The van der Waals surface area contributed by atoms with Gasteiger partial charge in [0.15, 0.2) is 0 Å². The molecule has 1 aliphatic carbocycles. The molecule has 7 heteroatoms. The van der Waals surface area contributed by atoms with Crippen LogP contribution in [0.5, 0.6) is 5.75 Å². The van der Waals surface area contributed by atoms with E-state index in [1.807, 2.05) is 79.9 Å². The molecule has 1 aliphatic rings. The summed E-state index contributed by atoms with van der Waals surface area (Å²) in [4.78, 5) is 29.9. The molecule has 0 saturated heterocycles. The summed E-state index contributed by atoms with van der Waals surface area (Å²) in [6.07, 6.45) is 4.81. The summed E-state index contributed by atoms with van der Waals surface area (Å²) < 4.78 is 7.49. The predicted octanol–water partition coefficient (Wildman–Crippen LogP) is 4.25. The van der Waals surface area contributed by atoms with Crippen LogP contribution in [0.3, 0.4) is 0 Å². The first kappa shape index (κ1) is 22.7. The first-order chi connectivity index (χ1) is 14.9. The van der Waals surface area contributed by atoms with Gasteiger partial charge in [-0.15, -0.1) is 0 Å². The van der Waals surface area contributed by atoms with E-state index >= 15 is 0 Å². The number of nitrogens with zero attached hydrogens (tertiary/aromatic N) is 3. The molecule has 1 unspecified atom stereocenters. The molecule has 0 spiro atoms. The second-order valence-electron chi connectivity index (χ2n) is 8.14. The van der Waals surface area contributed by atoms with Gasteiger partial charge in [0.2, 0.25) is 5.91 Å². The fourth-order valence-electron chi connectivity index (χ4n) is 3.52. The van der Waals surface area contributed by atoms with Crippen molar-refractivity contribution in [2.45, 2.75) is 58.7 Å². The van der Waals surface area contributed by atoms with Crippen LogP contribution in [0.25, 0.3) is 0 Å². The summed E-state index contributed by atoms with van der Waals surface area (Å²) in [6.45, 7) is 7.16. The summed E-state index contributed by atoms with van der Waals surface area (Å²) in [5.41, 5.74) is 1.77. The summed E-state index contributed by atoms with van der Waals surface area (Å²) in [6, 6.07) is 11.3. The van der Waals surface area contributed by atoms with Crippen molar-refractivity contribution in [2.75, 3.05) is 18.5 Å². The number of amides is 3. The Morgan fingerprint density at radius 3 is 2.45 bits per heavy atom. The molecule has 1 N–H and O–H groups in total. The number of aryl methyl sites for hydroxylation is 1. The standard InChI is InChI=1S/C24H34N4O3/c1-5-18(3)27(24(30)25-19-9-13-22(14-10-19)31-6-2)17-23(29)28(20-11-12-20)16-21-8-7-15-26(21)4/h7-10,13-15,18,20H,5-6,11-12,16-17H2,1-4H3,(H,25,30). The monoisotopic (exact) mass is 426 g/mol. The van der Waals surface area contributed by atoms with Crippen molar-refractivity contribution in [1.29, 1.82) is 0 Å². The maximum absolute atomic E-state index is 13.2. The van der Waals surface area contributed by atoms with Crippen LogP contribution in [0.4, 0.5) is 10.5 Å². The first-order valence-electron chi connectivity index (χ1n) is 11.1. The predicted molar refractivity (Wildman–Crippen MR) is 122 cm³/mol. The summed E-state index contributed by atoms with van der Waals surface area (Å²) >= 11 is 0. The van der Waals surface area contributed by atoms with Gasteiger partial charge in [-0.05, 0) is 69.5 Å². The zero-order valence-electron chi connectivity index (χ0n) is 19.0. The molecule has 1 fully saturated rings. The van der Waals surface area contributed by atoms with Crippen LogP contribution >= 0.6 is 0 Å². The lowest BCUT2D eigenvalue weighted by Gasteiger charge is -2.31. The van der Waals surface area contributed by atoms with Crippen LogP contribution in [0, 0.1) is 0 Å². The van der Waals surface area contributed by atoms with Gasteiger partial charge in [0, 0.05) is 36.7 Å². The highest BCUT2D eigenvalue weighted by Crippen LogP contribution is 2.29.